The first kappa shape index (κ1) is 45.6. The normalized spacial score (nSPS) is 23.3. The number of hydrogen-bond acceptors (Lipinski definition) is 11. The second kappa shape index (κ2) is 17.8. The highest BCUT2D eigenvalue weighted by Gasteiger charge is 2.67. The molecule has 6 rings (SSSR count). The average molecular weight is 858 g/mol. The number of ether oxygens (including phenoxy) is 3. The Labute approximate surface area is 353 Å². The third-order valence-electron chi connectivity index (χ3n) is 13.0. The van der Waals surface area contributed by atoms with E-state index in [0.717, 1.165) is 25.7 Å². The van der Waals surface area contributed by atoms with Gasteiger partial charge in [-0.15, -0.1) is 26.3 Å². The topological polar surface area (TPSA) is 124 Å². The van der Waals surface area contributed by atoms with Crippen LogP contribution in [0.4, 0.5) is 13.2 Å². The third kappa shape index (κ3) is 8.47. The number of benzene rings is 1. The number of fused-ring (bicyclic) bond motifs is 4. The fourth-order valence-corrected chi connectivity index (χ4v) is 10.5. The summed E-state index contributed by atoms with van der Waals surface area (Å²) >= 11 is 0. The van der Waals surface area contributed by atoms with Crippen molar-refractivity contribution >= 4 is 19.9 Å². The van der Waals surface area contributed by atoms with Crippen molar-refractivity contribution < 1.29 is 51.0 Å². The highest BCUT2D eigenvalue weighted by molar-refractivity contribution is 6.74. The number of unbranched alkanes of at least 4 members (excludes halogenated alkanes) is 2. The van der Waals surface area contributed by atoms with Crippen molar-refractivity contribution in [1.82, 2.24) is 15.0 Å². The van der Waals surface area contributed by atoms with Crippen molar-refractivity contribution in [2.45, 2.75) is 129 Å². The van der Waals surface area contributed by atoms with Gasteiger partial charge in [0.05, 0.1) is 24.8 Å². The van der Waals surface area contributed by atoms with Crippen molar-refractivity contribution in [1.29, 1.82) is 0 Å². The van der Waals surface area contributed by atoms with E-state index in [1.807, 2.05) is 52.6 Å². The molecule has 0 saturated carbocycles. The standard InChI is InChI=1S/C45H62F3N3O8Si/c1-10-14-22-55-32-26-29(27-50-20-16-17-21-50)38(57-45(46,47)48)30-24-28-25-31-36(51(18-12-3)19-13-4)39-35(42(49-58-39)56-23-15-11-2)41(54)44(31,59-60(8,9)43(5,6)7)40(53)33(28)37(52)34(30)32/h12-13,26,28,31,36,53H,3-4,10-11,14-25,27H2,1-2,5-9H3/t28-,31-,36-,44-/m0/s1. The minimum Gasteiger partial charge on any atom is -0.508 e. The minimum atomic E-state index is -5.06. The Bertz CT molecular complexity index is 1970. The summed E-state index contributed by atoms with van der Waals surface area (Å²) in [5, 5.41) is 16.9. The molecule has 15 heteroatoms. The Morgan fingerprint density at radius 2 is 1.67 bits per heavy atom. The van der Waals surface area contributed by atoms with Crippen LogP contribution in [0, 0.1) is 11.8 Å². The van der Waals surface area contributed by atoms with Crippen molar-refractivity contribution in [3.8, 4) is 17.4 Å². The maximum atomic E-state index is 15.7. The fourth-order valence-electron chi connectivity index (χ4n) is 9.08. The zero-order valence-electron chi connectivity index (χ0n) is 36.3. The summed E-state index contributed by atoms with van der Waals surface area (Å²) in [4.78, 5) is 35.0. The van der Waals surface area contributed by atoms with Crippen LogP contribution in [0.25, 0.3) is 0 Å². The van der Waals surface area contributed by atoms with Crippen LogP contribution in [-0.4, -0.2) is 91.3 Å². The molecule has 3 aliphatic carbocycles. The minimum absolute atomic E-state index is 0.0226. The van der Waals surface area contributed by atoms with Crippen molar-refractivity contribution in [2.75, 3.05) is 39.4 Å². The lowest BCUT2D eigenvalue weighted by atomic mass is 9.58. The van der Waals surface area contributed by atoms with Crippen molar-refractivity contribution in [3.63, 3.8) is 0 Å². The zero-order valence-corrected chi connectivity index (χ0v) is 37.3. The van der Waals surface area contributed by atoms with E-state index in [-0.39, 0.29) is 77.8 Å². The molecule has 1 aromatic heterocycles. The van der Waals surface area contributed by atoms with Gasteiger partial charge in [0.25, 0.3) is 5.88 Å². The van der Waals surface area contributed by atoms with Crippen molar-refractivity contribution in [2.24, 2.45) is 11.8 Å². The molecule has 0 amide bonds. The molecule has 1 N–H and O–H groups in total. The monoisotopic (exact) mass is 857 g/mol. The maximum Gasteiger partial charge on any atom is 0.573 e. The number of aliphatic hydroxyl groups is 1. The van der Waals surface area contributed by atoms with E-state index in [1.165, 1.54) is 6.07 Å². The first-order valence-electron chi connectivity index (χ1n) is 21.5. The molecule has 60 heavy (non-hydrogen) atoms. The van der Waals surface area contributed by atoms with Crippen LogP contribution in [0.15, 0.2) is 47.2 Å². The predicted octanol–water partition coefficient (Wildman–Crippen LogP) is 10.1. The maximum absolute atomic E-state index is 15.7. The quantitative estimate of drug-likeness (QED) is 0.0876. The number of aromatic nitrogens is 1. The van der Waals surface area contributed by atoms with Gasteiger partial charge in [0.15, 0.2) is 25.5 Å². The van der Waals surface area contributed by atoms with E-state index in [4.69, 9.17) is 23.2 Å². The van der Waals surface area contributed by atoms with Crippen LogP contribution in [0.5, 0.6) is 17.4 Å². The van der Waals surface area contributed by atoms with E-state index in [2.05, 4.69) is 23.2 Å². The number of rotatable bonds is 18. The molecule has 1 saturated heterocycles. The number of hydrogen-bond donors (Lipinski definition) is 1. The lowest BCUT2D eigenvalue weighted by molar-refractivity contribution is -0.275. The Kier molecular flexibility index (Phi) is 13.5. The SMILES string of the molecule is C=CCN(CC=C)[C@@H]1c2onc(OCCCC)c2C(=O)[C@@]2(O[Si](C)(C)C(C)(C)C)C(O)=C3C(=O)c4c(OCCCC)cc(CN5CCCC5)c(OC(F)(F)F)c4C[C@H]3C[C@@H]12. The van der Waals surface area contributed by atoms with Crippen LogP contribution in [0.2, 0.25) is 18.1 Å². The van der Waals surface area contributed by atoms with Crippen LogP contribution in [0.3, 0.4) is 0 Å². The summed E-state index contributed by atoms with van der Waals surface area (Å²) in [5.41, 5.74) is -1.95. The van der Waals surface area contributed by atoms with Crippen LogP contribution < -0.4 is 14.2 Å². The average Bonchev–Trinajstić information content (AvgIpc) is 3.84. The fraction of sp³-hybridized carbons (Fsp3) is 0.622. The lowest BCUT2D eigenvalue weighted by Gasteiger charge is -2.55. The molecule has 1 aromatic carbocycles. The van der Waals surface area contributed by atoms with Gasteiger partial charge in [-0.2, -0.15) is 0 Å². The molecule has 0 unspecified atom stereocenters. The Morgan fingerprint density at radius 1 is 1.03 bits per heavy atom. The molecule has 11 nitrogen and oxygen atoms in total. The molecule has 330 valence electrons. The molecule has 4 atom stereocenters. The lowest BCUT2D eigenvalue weighted by Crippen LogP contribution is -2.65. The van der Waals surface area contributed by atoms with Gasteiger partial charge in [0.2, 0.25) is 5.78 Å². The van der Waals surface area contributed by atoms with Crippen LogP contribution in [-0.2, 0) is 17.4 Å². The number of ketones is 2. The Hall–Kier alpha value is -3.92. The number of likely N-dealkylation sites (tertiary alicyclic amines) is 1. The number of alkyl halides is 3. The molecule has 0 radical (unpaired) electrons. The molecular formula is C45H62F3N3O8Si. The zero-order chi connectivity index (χ0) is 43.8. The van der Waals surface area contributed by atoms with E-state index in [9.17, 15) is 18.3 Å². The van der Waals surface area contributed by atoms with Gasteiger partial charge in [0, 0.05) is 42.3 Å². The molecule has 0 bridgehead atoms. The van der Waals surface area contributed by atoms with Crippen molar-refractivity contribution in [3.05, 3.63) is 70.7 Å². The first-order chi connectivity index (χ1) is 28.3. The van der Waals surface area contributed by atoms with Gasteiger partial charge in [0.1, 0.15) is 22.8 Å². The van der Waals surface area contributed by atoms with E-state index in [0.29, 0.717) is 39.0 Å². The smallest absolute Gasteiger partial charge is 0.508 e. The largest absolute Gasteiger partial charge is 0.573 e. The number of halogens is 3. The number of aliphatic hydroxyl groups excluding tert-OH is 1. The summed E-state index contributed by atoms with van der Waals surface area (Å²) < 4.78 is 73.9. The van der Waals surface area contributed by atoms with Gasteiger partial charge in [-0.1, -0.05) is 59.6 Å². The molecule has 0 spiro atoms. The summed E-state index contributed by atoms with van der Waals surface area (Å²) in [6, 6.07) is 0.695. The number of carbonyl (C=O) groups excluding carboxylic acids is 2. The van der Waals surface area contributed by atoms with E-state index < -0.39 is 66.3 Å². The molecule has 1 fully saturated rings. The number of Topliss-reactive ketones (excluding diaryl/α,β-unsaturated/α-hetero) is 2. The molecule has 2 heterocycles. The predicted molar refractivity (Wildman–Crippen MR) is 224 cm³/mol. The van der Waals surface area contributed by atoms with Gasteiger partial charge in [-0.25, -0.2) is 0 Å². The molecular weight excluding hydrogens is 796 g/mol. The van der Waals surface area contributed by atoms with E-state index in [1.54, 1.807) is 12.2 Å². The summed E-state index contributed by atoms with van der Waals surface area (Å²) in [7, 11) is -3.04. The van der Waals surface area contributed by atoms with Gasteiger partial charge in [-0.3, -0.25) is 19.4 Å². The summed E-state index contributed by atoms with van der Waals surface area (Å²) in [6.07, 6.45) is 3.06. The second-order valence-corrected chi connectivity index (χ2v) is 22.8. The van der Waals surface area contributed by atoms with Crippen LogP contribution in [0.1, 0.15) is 123 Å². The molecule has 2 aromatic rings. The number of carbonyl (C=O) groups is 2. The first-order valence-corrected chi connectivity index (χ1v) is 24.4. The molecule has 1 aliphatic heterocycles. The summed E-state index contributed by atoms with van der Waals surface area (Å²) in [6.45, 7) is 24.6. The highest BCUT2D eigenvalue weighted by Crippen LogP contribution is 2.60. The van der Waals surface area contributed by atoms with Crippen LogP contribution >= 0.6 is 0 Å². The van der Waals surface area contributed by atoms with Gasteiger partial charge < -0.3 is 28.3 Å². The second-order valence-electron chi connectivity index (χ2n) is 18.1. The van der Waals surface area contributed by atoms with E-state index >= 15 is 9.59 Å². The Balaban J connectivity index is 1.65. The number of allylic oxidation sites excluding steroid dienone is 1. The number of nitrogens with zero attached hydrogens (tertiary/aromatic N) is 3. The highest BCUT2D eigenvalue weighted by atomic mass is 28.4. The molecule has 4 aliphatic rings. The van der Waals surface area contributed by atoms with Gasteiger partial charge in [-0.05, 0) is 86.9 Å². The summed E-state index contributed by atoms with van der Waals surface area (Å²) in [5.74, 6) is -3.79. The van der Waals surface area contributed by atoms with Gasteiger partial charge >= 0.3 is 6.36 Å². The Morgan fingerprint density at radius 3 is 2.25 bits per heavy atom. The third-order valence-corrected chi connectivity index (χ3v) is 17.4.